The summed E-state index contributed by atoms with van der Waals surface area (Å²) in [7, 11) is 0. The molecule has 1 amide bonds. The van der Waals surface area contributed by atoms with Gasteiger partial charge in [0.2, 0.25) is 5.91 Å². The molecule has 0 saturated heterocycles. The zero-order chi connectivity index (χ0) is 16.7. The van der Waals surface area contributed by atoms with Crippen molar-refractivity contribution < 1.29 is 14.3 Å². The maximum Gasteiger partial charge on any atom is 0.222 e. The van der Waals surface area contributed by atoms with Gasteiger partial charge in [0.1, 0.15) is 11.6 Å². The monoisotopic (exact) mass is 319 g/mol. The molecule has 23 heavy (non-hydrogen) atoms. The Kier molecular flexibility index (Phi) is 6.29. The molecule has 6 heteroatoms. The summed E-state index contributed by atoms with van der Waals surface area (Å²) in [5.41, 5.74) is 0.413. The van der Waals surface area contributed by atoms with Gasteiger partial charge in [-0.15, -0.1) is 0 Å². The van der Waals surface area contributed by atoms with E-state index >= 15 is 0 Å². The summed E-state index contributed by atoms with van der Waals surface area (Å²) in [4.78, 5) is 15.9. The zero-order valence-corrected chi connectivity index (χ0v) is 13.2. The van der Waals surface area contributed by atoms with Crippen LogP contribution in [0.3, 0.4) is 0 Å². The summed E-state index contributed by atoms with van der Waals surface area (Å²) in [6.07, 6.45) is 4.43. The minimum atomic E-state index is -0.987. The second-order valence-electron chi connectivity index (χ2n) is 5.50. The van der Waals surface area contributed by atoms with E-state index in [1.807, 2.05) is 13.1 Å². The molecule has 2 rings (SSSR count). The fourth-order valence-electron chi connectivity index (χ4n) is 2.35. The highest BCUT2D eigenvalue weighted by atomic mass is 19.1. The van der Waals surface area contributed by atoms with Crippen LogP contribution in [0.25, 0.3) is 0 Å². The molecule has 1 heterocycles. The fourth-order valence-corrected chi connectivity index (χ4v) is 2.35. The first-order valence-corrected chi connectivity index (χ1v) is 7.74. The molecule has 1 aromatic heterocycles. The van der Waals surface area contributed by atoms with E-state index in [1.165, 1.54) is 18.2 Å². The lowest BCUT2D eigenvalue weighted by Gasteiger charge is -2.11. The standard InChI is InChI=1S/C17H22FN3O2/c1-13-19-8-10-21(13)9-3-2-7-20-17(23)12-16(22)14-5-4-6-15(18)11-14/h4-6,8,10-11,16,22H,2-3,7,9,12H2,1H3,(H,20,23). The van der Waals surface area contributed by atoms with E-state index in [4.69, 9.17) is 0 Å². The highest BCUT2D eigenvalue weighted by molar-refractivity contribution is 5.76. The van der Waals surface area contributed by atoms with E-state index in [0.717, 1.165) is 25.2 Å². The first kappa shape index (κ1) is 17.1. The lowest BCUT2D eigenvalue weighted by Crippen LogP contribution is -2.26. The lowest BCUT2D eigenvalue weighted by molar-refractivity contribution is -0.123. The summed E-state index contributed by atoms with van der Waals surface area (Å²) >= 11 is 0. The molecule has 1 atom stereocenters. The van der Waals surface area contributed by atoms with Crippen LogP contribution in [0.4, 0.5) is 4.39 Å². The van der Waals surface area contributed by atoms with Crippen molar-refractivity contribution in [3.63, 3.8) is 0 Å². The molecule has 0 aliphatic heterocycles. The number of nitrogens with one attached hydrogen (secondary N) is 1. The predicted molar refractivity (Wildman–Crippen MR) is 85.2 cm³/mol. The van der Waals surface area contributed by atoms with Crippen molar-refractivity contribution >= 4 is 5.91 Å². The van der Waals surface area contributed by atoms with Crippen LogP contribution in [0, 0.1) is 12.7 Å². The predicted octanol–water partition coefficient (Wildman–Crippen LogP) is 2.35. The second kappa shape index (κ2) is 8.43. The van der Waals surface area contributed by atoms with Crippen molar-refractivity contribution in [1.82, 2.24) is 14.9 Å². The van der Waals surface area contributed by atoms with Crippen LogP contribution in [0.5, 0.6) is 0 Å². The average Bonchev–Trinajstić information content (AvgIpc) is 2.92. The van der Waals surface area contributed by atoms with E-state index < -0.39 is 11.9 Å². The first-order valence-electron chi connectivity index (χ1n) is 7.74. The molecular formula is C17H22FN3O2. The SMILES string of the molecule is Cc1nccn1CCCCNC(=O)CC(O)c1cccc(F)c1. The number of hydrogen-bond acceptors (Lipinski definition) is 3. The van der Waals surface area contributed by atoms with Gasteiger partial charge >= 0.3 is 0 Å². The number of nitrogens with zero attached hydrogens (tertiary/aromatic N) is 2. The minimum Gasteiger partial charge on any atom is -0.388 e. The molecular weight excluding hydrogens is 297 g/mol. The number of imidazole rings is 1. The Morgan fingerprint density at radius 2 is 2.26 bits per heavy atom. The summed E-state index contributed by atoms with van der Waals surface area (Å²) in [5, 5.41) is 12.7. The van der Waals surface area contributed by atoms with Crippen LogP contribution < -0.4 is 5.32 Å². The van der Waals surface area contributed by atoms with Gasteiger partial charge < -0.3 is 15.0 Å². The third-order valence-corrected chi connectivity index (χ3v) is 3.68. The molecule has 0 spiro atoms. The number of carbonyl (C=O) groups excluding carboxylic acids is 1. The number of unbranched alkanes of at least 4 members (excludes halogenated alkanes) is 1. The van der Waals surface area contributed by atoms with Crippen LogP contribution in [-0.4, -0.2) is 27.1 Å². The number of aliphatic hydroxyl groups is 1. The topological polar surface area (TPSA) is 67.2 Å². The smallest absolute Gasteiger partial charge is 0.222 e. The number of aryl methyl sites for hydroxylation is 2. The van der Waals surface area contributed by atoms with Crippen LogP contribution in [0.2, 0.25) is 0 Å². The van der Waals surface area contributed by atoms with Crippen LogP contribution >= 0.6 is 0 Å². The maximum atomic E-state index is 13.1. The van der Waals surface area contributed by atoms with Crippen molar-refractivity contribution in [2.45, 2.75) is 38.8 Å². The van der Waals surface area contributed by atoms with Crippen molar-refractivity contribution in [3.8, 4) is 0 Å². The number of hydrogen-bond donors (Lipinski definition) is 2. The Labute approximate surface area is 135 Å². The number of amides is 1. The molecule has 1 unspecified atom stereocenters. The number of aromatic nitrogens is 2. The van der Waals surface area contributed by atoms with Gasteiger partial charge in [0.05, 0.1) is 12.5 Å². The van der Waals surface area contributed by atoms with Crippen molar-refractivity contribution in [3.05, 3.63) is 53.9 Å². The van der Waals surface area contributed by atoms with Gasteiger partial charge in [0.15, 0.2) is 0 Å². The minimum absolute atomic E-state index is 0.0654. The van der Waals surface area contributed by atoms with E-state index in [2.05, 4.69) is 14.9 Å². The Hall–Kier alpha value is -2.21. The van der Waals surface area contributed by atoms with Crippen LogP contribution in [0.1, 0.15) is 36.8 Å². The largest absolute Gasteiger partial charge is 0.388 e. The second-order valence-corrected chi connectivity index (χ2v) is 5.50. The highest BCUT2D eigenvalue weighted by Crippen LogP contribution is 2.17. The molecule has 124 valence electrons. The Morgan fingerprint density at radius 3 is 2.96 bits per heavy atom. The molecule has 0 fully saturated rings. The average molecular weight is 319 g/mol. The van der Waals surface area contributed by atoms with Crippen LogP contribution in [-0.2, 0) is 11.3 Å². The molecule has 5 nitrogen and oxygen atoms in total. The molecule has 2 N–H and O–H groups in total. The molecule has 0 aliphatic carbocycles. The van der Waals surface area contributed by atoms with E-state index in [0.29, 0.717) is 12.1 Å². The molecule has 1 aromatic carbocycles. The molecule has 0 bridgehead atoms. The van der Waals surface area contributed by atoms with Gasteiger partial charge in [0, 0.05) is 25.5 Å². The van der Waals surface area contributed by atoms with E-state index in [-0.39, 0.29) is 12.3 Å². The number of aliphatic hydroxyl groups excluding tert-OH is 1. The molecule has 0 radical (unpaired) electrons. The summed E-state index contributed by atoms with van der Waals surface area (Å²) < 4.78 is 15.1. The van der Waals surface area contributed by atoms with Crippen molar-refractivity contribution in [2.24, 2.45) is 0 Å². The van der Waals surface area contributed by atoms with Crippen LogP contribution in [0.15, 0.2) is 36.7 Å². The summed E-state index contributed by atoms with van der Waals surface area (Å²) in [5.74, 6) is 0.324. The third kappa shape index (κ3) is 5.49. The molecule has 0 aliphatic rings. The third-order valence-electron chi connectivity index (χ3n) is 3.68. The van der Waals surface area contributed by atoms with Gasteiger partial charge in [-0.05, 0) is 37.5 Å². The fraction of sp³-hybridized carbons (Fsp3) is 0.412. The van der Waals surface area contributed by atoms with E-state index in [1.54, 1.807) is 12.3 Å². The number of carbonyl (C=O) groups is 1. The maximum absolute atomic E-state index is 13.1. The quantitative estimate of drug-likeness (QED) is 0.734. The van der Waals surface area contributed by atoms with Gasteiger partial charge in [0.25, 0.3) is 0 Å². The summed E-state index contributed by atoms with van der Waals surface area (Å²) in [6, 6.07) is 5.67. The Balaban J connectivity index is 1.64. The Morgan fingerprint density at radius 1 is 1.43 bits per heavy atom. The van der Waals surface area contributed by atoms with Crippen molar-refractivity contribution in [2.75, 3.05) is 6.54 Å². The number of rotatable bonds is 8. The van der Waals surface area contributed by atoms with Gasteiger partial charge in [-0.2, -0.15) is 0 Å². The lowest BCUT2D eigenvalue weighted by atomic mass is 10.1. The molecule has 2 aromatic rings. The number of halogens is 1. The van der Waals surface area contributed by atoms with E-state index in [9.17, 15) is 14.3 Å². The van der Waals surface area contributed by atoms with Crippen molar-refractivity contribution in [1.29, 1.82) is 0 Å². The zero-order valence-electron chi connectivity index (χ0n) is 13.2. The van der Waals surface area contributed by atoms with Gasteiger partial charge in [-0.3, -0.25) is 4.79 Å². The highest BCUT2D eigenvalue weighted by Gasteiger charge is 2.13. The first-order chi connectivity index (χ1) is 11.1. The Bertz CT molecular complexity index is 642. The van der Waals surface area contributed by atoms with Gasteiger partial charge in [-0.1, -0.05) is 12.1 Å². The number of benzene rings is 1. The summed E-state index contributed by atoms with van der Waals surface area (Å²) in [6.45, 7) is 3.38. The molecule has 0 saturated carbocycles. The normalized spacial score (nSPS) is 12.1. The van der Waals surface area contributed by atoms with Gasteiger partial charge in [-0.25, -0.2) is 9.37 Å².